The van der Waals surface area contributed by atoms with Gasteiger partial charge in [-0.2, -0.15) is 0 Å². The van der Waals surface area contributed by atoms with E-state index in [-0.39, 0.29) is 28.7 Å². The monoisotopic (exact) mass is 458 g/mol. The van der Waals surface area contributed by atoms with Crippen molar-refractivity contribution < 1.29 is 17.9 Å². The van der Waals surface area contributed by atoms with E-state index < -0.39 is 17.5 Å². The van der Waals surface area contributed by atoms with Crippen LogP contribution in [0.5, 0.6) is 0 Å². The Kier molecular flexibility index (Phi) is 13.8. The van der Waals surface area contributed by atoms with Gasteiger partial charge >= 0.3 is 0 Å². The first-order valence-corrected chi connectivity index (χ1v) is 10.8. The van der Waals surface area contributed by atoms with Gasteiger partial charge in [0.15, 0.2) is 11.7 Å². The van der Waals surface area contributed by atoms with E-state index in [2.05, 4.69) is 39.5 Å². The first-order chi connectivity index (χ1) is 15.3. The minimum absolute atomic E-state index is 0.0412. The second-order valence-electron chi connectivity index (χ2n) is 8.03. The van der Waals surface area contributed by atoms with Crippen molar-refractivity contribution in [2.45, 2.75) is 46.6 Å². The van der Waals surface area contributed by atoms with Crippen LogP contribution in [-0.4, -0.2) is 12.7 Å². The lowest BCUT2D eigenvalue weighted by Crippen LogP contribution is -2.13. The molecular weight excluding hydrogens is 421 g/mol. The molecule has 0 amide bonds. The van der Waals surface area contributed by atoms with Gasteiger partial charge in [-0.05, 0) is 67.6 Å². The van der Waals surface area contributed by atoms with Crippen LogP contribution in [0.4, 0.5) is 13.2 Å². The largest absolute Gasteiger partial charge is 0.378 e. The Labute approximate surface area is 198 Å². The zero-order valence-corrected chi connectivity index (χ0v) is 20.4. The van der Waals surface area contributed by atoms with Gasteiger partial charge in [0.2, 0.25) is 0 Å². The van der Waals surface area contributed by atoms with Gasteiger partial charge in [0.05, 0.1) is 12.7 Å². The van der Waals surface area contributed by atoms with Crippen LogP contribution < -0.4 is 0 Å². The molecule has 1 atom stereocenters. The number of hydrogen-bond acceptors (Lipinski definition) is 1. The van der Waals surface area contributed by atoms with Crippen LogP contribution in [0.25, 0.3) is 0 Å². The van der Waals surface area contributed by atoms with Crippen molar-refractivity contribution in [2.75, 3.05) is 6.61 Å². The molecule has 0 radical (unpaired) electrons. The summed E-state index contributed by atoms with van der Waals surface area (Å²) >= 11 is 0. The van der Waals surface area contributed by atoms with Gasteiger partial charge in [-0.3, -0.25) is 0 Å². The van der Waals surface area contributed by atoms with Crippen molar-refractivity contribution >= 4 is 0 Å². The van der Waals surface area contributed by atoms with E-state index in [0.29, 0.717) is 36.2 Å². The average Bonchev–Trinajstić information content (AvgIpc) is 2.78. The van der Waals surface area contributed by atoms with Crippen molar-refractivity contribution in [1.29, 1.82) is 0 Å². The van der Waals surface area contributed by atoms with Crippen LogP contribution >= 0.6 is 0 Å². The van der Waals surface area contributed by atoms with Gasteiger partial charge < -0.3 is 4.74 Å². The second kappa shape index (κ2) is 15.1. The van der Waals surface area contributed by atoms with E-state index in [1.807, 2.05) is 39.8 Å². The molecule has 0 spiro atoms. The predicted molar refractivity (Wildman–Crippen MR) is 137 cm³/mol. The highest BCUT2D eigenvalue weighted by molar-refractivity contribution is 5.53. The molecule has 0 aromatic heterocycles. The van der Waals surface area contributed by atoms with Crippen LogP contribution in [0.15, 0.2) is 121 Å². The molecule has 1 nitrogen and oxygen atoms in total. The van der Waals surface area contributed by atoms with Crippen LogP contribution in [0, 0.1) is 5.92 Å². The molecule has 0 bridgehead atoms. The average molecular weight is 459 g/mol. The highest BCUT2D eigenvalue weighted by Gasteiger charge is 2.15. The van der Waals surface area contributed by atoms with Crippen LogP contribution in [0.3, 0.4) is 0 Å². The Bertz CT molecular complexity index is 907. The summed E-state index contributed by atoms with van der Waals surface area (Å²) in [6, 6.07) is 0. The van der Waals surface area contributed by atoms with E-state index >= 15 is 0 Å². The van der Waals surface area contributed by atoms with Gasteiger partial charge in [0.1, 0.15) is 5.83 Å². The Morgan fingerprint density at radius 3 is 1.97 bits per heavy atom. The van der Waals surface area contributed by atoms with Gasteiger partial charge in [-0.25, -0.2) is 13.2 Å². The molecular formula is C29H37F3O. The normalized spacial score (nSPS) is 13.9. The zero-order chi connectivity index (χ0) is 25.7. The maximum absolute atomic E-state index is 14.5. The Balaban J connectivity index is 5.15. The maximum Gasteiger partial charge on any atom is 0.166 e. The third-order valence-corrected chi connectivity index (χ3v) is 4.78. The lowest BCUT2D eigenvalue weighted by Gasteiger charge is -2.16. The predicted octanol–water partition coefficient (Wildman–Crippen LogP) is 9.30. The summed E-state index contributed by atoms with van der Waals surface area (Å²) in [7, 11) is 0. The third-order valence-electron chi connectivity index (χ3n) is 4.78. The first kappa shape index (κ1) is 30.2. The fourth-order valence-electron chi connectivity index (χ4n) is 2.38. The van der Waals surface area contributed by atoms with Crippen LogP contribution in [0.1, 0.15) is 40.5 Å². The molecule has 0 N–H and O–H groups in total. The Morgan fingerprint density at radius 2 is 1.42 bits per heavy atom. The topological polar surface area (TPSA) is 9.23 Å². The molecule has 33 heavy (non-hydrogen) atoms. The first-order valence-electron chi connectivity index (χ1n) is 10.8. The smallest absolute Gasteiger partial charge is 0.166 e. The molecule has 1 unspecified atom stereocenters. The zero-order valence-electron chi connectivity index (χ0n) is 20.4. The molecule has 4 heteroatoms. The molecule has 0 aliphatic rings. The van der Waals surface area contributed by atoms with Gasteiger partial charge in [-0.15, -0.1) is 0 Å². The number of hydrogen-bond donors (Lipinski definition) is 0. The van der Waals surface area contributed by atoms with Gasteiger partial charge in [-0.1, -0.05) is 70.7 Å². The van der Waals surface area contributed by atoms with Gasteiger partial charge in [0.25, 0.3) is 0 Å². The minimum Gasteiger partial charge on any atom is -0.378 e. The molecule has 0 aromatic rings. The highest BCUT2D eigenvalue weighted by atomic mass is 19.2. The van der Waals surface area contributed by atoms with Crippen molar-refractivity contribution in [2.24, 2.45) is 5.92 Å². The number of halogens is 3. The molecule has 0 aromatic carbocycles. The summed E-state index contributed by atoms with van der Waals surface area (Å²) in [6.45, 7) is 30.1. The molecule has 0 rings (SSSR count). The summed E-state index contributed by atoms with van der Waals surface area (Å²) in [5.41, 5.74) is 0.965. The van der Waals surface area contributed by atoms with Crippen molar-refractivity contribution in [1.82, 2.24) is 0 Å². The minimum atomic E-state index is -1.11. The van der Waals surface area contributed by atoms with E-state index in [4.69, 9.17) is 4.74 Å². The summed E-state index contributed by atoms with van der Waals surface area (Å²) in [5.74, 6) is -2.88. The van der Waals surface area contributed by atoms with E-state index in [9.17, 15) is 13.2 Å². The van der Waals surface area contributed by atoms with Crippen LogP contribution in [0.2, 0.25) is 0 Å². The van der Waals surface area contributed by atoms with Crippen molar-refractivity contribution in [3.8, 4) is 0 Å². The van der Waals surface area contributed by atoms with E-state index in [1.54, 1.807) is 0 Å². The fraction of sp³-hybridized carbons (Fsp3) is 0.310. The number of ether oxygens (including phenoxy) is 1. The summed E-state index contributed by atoms with van der Waals surface area (Å²) in [4.78, 5) is 0. The van der Waals surface area contributed by atoms with Crippen molar-refractivity contribution in [3.63, 3.8) is 0 Å². The highest BCUT2D eigenvalue weighted by Crippen LogP contribution is 2.29. The summed E-state index contributed by atoms with van der Waals surface area (Å²) < 4.78 is 48.8. The lowest BCUT2D eigenvalue weighted by atomic mass is 9.99. The molecule has 0 heterocycles. The molecule has 0 aliphatic heterocycles. The van der Waals surface area contributed by atoms with Crippen molar-refractivity contribution in [3.05, 3.63) is 121 Å². The number of rotatable bonds is 15. The van der Waals surface area contributed by atoms with Gasteiger partial charge in [0, 0.05) is 11.5 Å². The standard InChI is InChI=1S/C29H37F3O/c1-11-12-13-14-22(6)28(31)29(32)26(10)21(5)16-15-20(4)23(7)17-27(30)25(9)24(8)18-33-19(2)3/h11-12,15-17,19,24H,4-7,9-10,13-14,18H2,1-3,8H3/b12-11+,16-15-,27-17+,29-28-. The summed E-state index contributed by atoms with van der Waals surface area (Å²) in [5, 5.41) is 0. The van der Waals surface area contributed by atoms with Crippen LogP contribution in [-0.2, 0) is 4.74 Å². The maximum atomic E-state index is 14.5. The third kappa shape index (κ3) is 11.0. The van der Waals surface area contributed by atoms with E-state index in [1.165, 1.54) is 18.2 Å². The SMILES string of the molecule is C=C(/C=C\C(=C)C(=C)/C(F)=C(/F)C(=C)CC/C=C/C)C(=C)/C=C(/F)C(=C)C(C)COC(C)C. The Hall–Kier alpha value is -2.85. The molecule has 0 saturated carbocycles. The Morgan fingerprint density at radius 1 is 0.848 bits per heavy atom. The number of allylic oxidation sites excluding steroid dienone is 13. The molecule has 180 valence electrons. The lowest BCUT2D eigenvalue weighted by molar-refractivity contribution is 0.0626. The molecule has 0 fully saturated rings. The summed E-state index contributed by atoms with van der Waals surface area (Å²) in [6.07, 6.45) is 8.71. The molecule has 0 saturated heterocycles. The quantitative estimate of drug-likeness (QED) is 0.175. The molecule has 0 aliphatic carbocycles. The van der Waals surface area contributed by atoms with E-state index in [0.717, 1.165) is 0 Å². The fourth-order valence-corrected chi connectivity index (χ4v) is 2.38. The second-order valence-corrected chi connectivity index (χ2v) is 8.03.